The molecule has 2 aromatic rings. The molecule has 23 heavy (non-hydrogen) atoms. The average molecular weight is 316 g/mol. The van der Waals surface area contributed by atoms with Crippen molar-refractivity contribution in [3.8, 4) is 11.5 Å². The van der Waals surface area contributed by atoms with Gasteiger partial charge in [-0.15, -0.1) is 0 Å². The average Bonchev–Trinajstić information content (AvgIpc) is 2.56. The number of hydrogen-bond acceptors (Lipinski definition) is 5. The van der Waals surface area contributed by atoms with Crippen LogP contribution in [-0.4, -0.2) is 37.4 Å². The molecule has 0 aromatic heterocycles. The van der Waals surface area contributed by atoms with E-state index >= 15 is 0 Å². The summed E-state index contributed by atoms with van der Waals surface area (Å²) in [5.41, 5.74) is 1.69. The zero-order valence-electron chi connectivity index (χ0n) is 13.5. The van der Waals surface area contributed by atoms with Crippen LogP contribution in [0.4, 0.5) is 0 Å². The van der Waals surface area contributed by atoms with E-state index in [1.807, 2.05) is 48.5 Å². The van der Waals surface area contributed by atoms with Gasteiger partial charge in [-0.25, -0.2) is 0 Å². The van der Waals surface area contributed by atoms with Gasteiger partial charge in [0, 0.05) is 13.1 Å². The van der Waals surface area contributed by atoms with Crippen LogP contribution < -0.4 is 15.4 Å². The maximum Gasteiger partial charge on any atom is 0.127 e. The molecule has 0 heterocycles. The minimum absolute atomic E-state index is 0.511. The molecule has 2 rings (SSSR count). The van der Waals surface area contributed by atoms with Crippen LogP contribution in [0.5, 0.6) is 11.5 Å². The highest BCUT2D eigenvalue weighted by molar-refractivity contribution is 5.35. The summed E-state index contributed by atoms with van der Waals surface area (Å²) < 4.78 is 5.77. The summed E-state index contributed by atoms with van der Waals surface area (Å²) in [5.74, 6) is 1.41. The highest BCUT2D eigenvalue weighted by Crippen LogP contribution is 2.25. The Morgan fingerprint density at radius 1 is 0.739 bits per heavy atom. The second-order valence-corrected chi connectivity index (χ2v) is 5.39. The Morgan fingerprint density at radius 3 is 1.39 bits per heavy atom. The van der Waals surface area contributed by atoms with Gasteiger partial charge in [0.2, 0.25) is 0 Å². The topological polar surface area (TPSA) is 73.8 Å². The summed E-state index contributed by atoms with van der Waals surface area (Å²) >= 11 is 0. The lowest BCUT2D eigenvalue weighted by atomic mass is 10.1. The number of benzene rings is 2. The highest BCUT2D eigenvalue weighted by Gasteiger charge is 2.08. The zero-order valence-corrected chi connectivity index (χ0v) is 13.5. The Balaban J connectivity index is 1.99. The number of hydrogen-bond donors (Lipinski definition) is 4. The van der Waals surface area contributed by atoms with Crippen LogP contribution >= 0.6 is 0 Å². The zero-order chi connectivity index (χ0) is 16.7. The van der Waals surface area contributed by atoms with Gasteiger partial charge in [0.15, 0.2) is 0 Å². The first-order valence-corrected chi connectivity index (χ1v) is 7.67. The Morgan fingerprint density at radius 2 is 1.09 bits per heavy atom. The number of ether oxygens (including phenoxy) is 1. The predicted molar refractivity (Wildman–Crippen MR) is 90.7 cm³/mol. The van der Waals surface area contributed by atoms with Gasteiger partial charge in [-0.1, -0.05) is 24.3 Å². The molecular weight excluding hydrogens is 292 g/mol. The summed E-state index contributed by atoms with van der Waals surface area (Å²) in [4.78, 5) is 0. The van der Waals surface area contributed by atoms with Crippen molar-refractivity contribution in [2.45, 2.75) is 12.2 Å². The van der Waals surface area contributed by atoms with Crippen molar-refractivity contribution in [3.05, 3.63) is 59.7 Å². The third kappa shape index (κ3) is 5.04. The standard InChI is InChI=1S/C18H24N2O3/c1-19-11-17(21)13-3-7-15(8-4-13)23-16-9-5-14(6-10-16)18(22)12-20-2/h3-10,17-22H,11-12H2,1-2H3/t17-,18-/m0/s1. The van der Waals surface area contributed by atoms with E-state index in [1.54, 1.807) is 14.1 Å². The molecule has 2 aromatic carbocycles. The maximum atomic E-state index is 9.90. The van der Waals surface area contributed by atoms with Crippen molar-refractivity contribution in [2.75, 3.05) is 27.2 Å². The molecule has 0 aliphatic carbocycles. The van der Waals surface area contributed by atoms with Crippen LogP contribution in [0, 0.1) is 0 Å². The molecule has 0 fully saturated rings. The number of nitrogens with one attached hydrogen (secondary N) is 2. The van der Waals surface area contributed by atoms with Crippen LogP contribution in [0.2, 0.25) is 0 Å². The summed E-state index contributed by atoms with van der Waals surface area (Å²) in [6.07, 6.45) is -1.05. The SMILES string of the molecule is CNC[C@H](O)c1ccc(Oc2ccc([C@@H](O)CNC)cc2)cc1. The van der Waals surface area contributed by atoms with E-state index in [2.05, 4.69) is 10.6 Å². The largest absolute Gasteiger partial charge is 0.457 e. The molecule has 0 aliphatic heterocycles. The first-order valence-electron chi connectivity index (χ1n) is 7.67. The van der Waals surface area contributed by atoms with E-state index in [0.29, 0.717) is 24.6 Å². The number of aliphatic hydroxyl groups excluding tert-OH is 2. The summed E-state index contributed by atoms with van der Waals surface area (Å²) in [5, 5.41) is 25.7. The van der Waals surface area contributed by atoms with E-state index in [-0.39, 0.29) is 0 Å². The Hall–Kier alpha value is -1.92. The van der Waals surface area contributed by atoms with Crippen LogP contribution in [0.25, 0.3) is 0 Å². The molecule has 0 amide bonds. The van der Waals surface area contributed by atoms with E-state index in [4.69, 9.17) is 4.74 Å². The molecule has 0 aliphatic rings. The molecule has 124 valence electrons. The fourth-order valence-electron chi connectivity index (χ4n) is 2.27. The minimum Gasteiger partial charge on any atom is -0.457 e. The lowest BCUT2D eigenvalue weighted by Gasteiger charge is -2.13. The molecule has 5 heteroatoms. The minimum atomic E-state index is -0.526. The first kappa shape index (κ1) is 17.4. The van der Waals surface area contributed by atoms with Gasteiger partial charge in [0.1, 0.15) is 11.5 Å². The molecule has 0 spiro atoms. The van der Waals surface area contributed by atoms with Crippen LogP contribution in [0.15, 0.2) is 48.5 Å². The van der Waals surface area contributed by atoms with Crippen molar-refractivity contribution in [3.63, 3.8) is 0 Å². The van der Waals surface area contributed by atoms with Crippen molar-refractivity contribution in [1.82, 2.24) is 10.6 Å². The molecule has 0 unspecified atom stereocenters. The van der Waals surface area contributed by atoms with Gasteiger partial charge >= 0.3 is 0 Å². The lowest BCUT2D eigenvalue weighted by Crippen LogP contribution is -2.16. The third-order valence-electron chi connectivity index (χ3n) is 3.56. The van der Waals surface area contributed by atoms with E-state index in [1.165, 1.54) is 0 Å². The highest BCUT2D eigenvalue weighted by atomic mass is 16.5. The van der Waals surface area contributed by atoms with Crippen molar-refractivity contribution >= 4 is 0 Å². The van der Waals surface area contributed by atoms with Crippen LogP contribution in [0.3, 0.4) is 0 Å². The number of aliphatic hydroxyl groups is 2. The fourth-order valence-corrected chi connectivity index (χ4v) is 2.27. The molecule has 0 bridgehead atoms. The number of rotatable bonds is 8. The van der Waals surface area contributed by atoms with E-state index in [0.717, 1.165) is 11.1 Å². The summed E-state index contributed by atoms with van der Waals surface area (Å²) in [6.45, 7) is 1.02. The lowest BCUT2D eigenvalue weighted by molar-refractivity contribution is 0.177. The van der Waals surface area contributed by atoms with E-state index < -0.39 is 12.2 Å². The molecule has 2 atom stereocenters. The molecule has 4 N–H and O–H groups in total. The maximum absolute atomic E-state index is 9.90. The van der Waals surface area contributed by atoms with Crippen LogP contribution in [-0.2, 0) is 0 Å². The smallest absolute Gasteiger partial charge is 0.127 e. The Kier molecular flexibility index (Phi) is 6.55. The number of likely N-dealkylation sites (N-methyl/N-ethyl adjacent to an activating group) is 2. The Labute approximate surface area is 136 Å². The molecule has 0 radical (unpaired) electrons. The summed E-state index contributed by atoms with van der Waals surface area (Å²) in [7, 11) is 3.61. The molecular formula is C18H24N2O3. The van der Waals surface area contributed by atoms with Crippen molar-refractivity contribution < 1.29 is 14.9 Å². The molecule has 0 saturated carbocycles. The van der Waals surface area contributed by atoms with E-state index in [9.17, 15) is 10.2 Å². The van der Waals surface area contributed by atoms with Gasteiger partial charge in [0.25, 0.3) is 0 Å². The van der Waals surface area contributed by atoms with Gasteiger partial charge in [-0.05, 0) is 49.5 Å². The Bertz CT molecular complexity index is 531. The monoisotopic (exact) mass is 316 g/mol. The summed E-state index contributed by atoms with van der Waals surface area (Å²) in [6, 6.07) is 14.7. The van der Waals surface area contributed by atoms with Crippen molar-refractivity contribution in [2.24, 2.45) is 0 Å². The fraction of sp³-hybridized carbons (Fsp3) is 0.333. The normalized spacial score (nSPS) is 13.6. The first-order chi connectivity index (χ1) is 11.1. The molecule has 5 nitrogen and oxygen atoms in total. The predicted octanol–water partition coefficient (Wildman–Crippen LogP) is 1.98. The van der Waals surface area contributed by atoms with Gasteiger partial charge in [-0.2, -0.15) is 0 Å². The van der Waals surface area contributed by atoms with Gasteiger partial charge in [0.05, 0.1) is 12.2 Å². The molecule has 0 saturated heterocycles. The van der Waals surface area contributed by atoms with Crippen molar-refractivity contribution in [1.29, 1.82) is 0 Å². The van der Waals surface area contributed by atoms with Gasteiger partial charge < -0.3 is 25.6 Å². The second-order valence-electron chi connectivity index (χ2n) is 5.39. The quantitative estimate of drug-likeness (QED) is 0.599. The second kappa shape index (κ2) is 8.64. The van der Waals surface area contributed by atoms with Crippen LogP contribution in [0.1, 0.15) is 23.3 Å². The third-order valence-corrected chi connectivity index (χ3v) is 3.56. The van der Waals surface area contributed by atoms with Gasteiger partial charge in [-0.3, -0.25) is 0 Å².